The fourth-order valence-electron chi connectivity index (χ4n) is 4.57. The Morgan fingerprint density at radius 3 is 1.43 bits per heavy atom. The summed E-state index contributed by atoms with van der Waals surface area (Å²) in [7, 11) is 0. The number of rotatable bonds is 6. The summed E-state index contributed by atoms with van der Waals surface area (Å²) in [5, 5.41) is 7.39. The van der Waals surface area contributed by atoms with Gasteiger partial charge in [0.1, 0.15) is 0 Å². The normalized spacial score (nSPS) is 27.3. The highest BCUT2D eigenvalue weighted by atomic mass is 16.1. The molecule has 0 aromatic carbocycles. The van der Waals surface area contributed by atoms with E-state index in [2.05, 4.69) is 62.0 Å². The van der Waals surface area contributed by atoms with Gasteiger partial charge in [0.15, 0.2) is 0 Å². The highest BCUT2D eigenvalue weighted by molar-refractivity contribution is 5.74. The second kappa shape index (κ2) is 12.0. The van der Waals surface area contributed by atoms with Crippen LogP contribution in [0.4, 0.5) is 0 Å². The molecule has 0 saturated carbocycles. The van der Waals surface area contributed by atoms with Crippen LogP contribution in [-0.2, 0) is 9.59 Å². The van der Waals surface area contributed by atoms with Crippen LogP contribution in [0.2, 0.25) is 0 Å². The summed E-state index contributed by atoms with van der Waals surface area (Å²) in [5.74, 6) is -0.505. The summed E-state index contributed by atoms with van der Waals surface area (Å²) in [6.07, 6.45) is 2.69. The van der Waals surface area contributed by atoms with Crippen molar-refractivity contribution in [2.75, 3.05) is 39.3 Å². The van der Waals surface area contributed by atoms with Crippen LogP contribution >= 0.6 is 0 Å². The topological polar surface area (TPSA) is 117 Å². The molecular weight excluding hydrogens is 380 g/mol. The van der Waals surface area contributed by atoms with Crippen LogP contribution in [0.1, 0.15) is 67.2 Å². The van der Waals surface area contributed by atoms with Gasteiger partial charge in [-0.2, -0.15) is 0 Å². The number of carbonyl (C=O) groups excluding carboxylic acids is 2. The van der Waals surface area contributed by atoms with Gasteiger partial charge >= 0.3 is 0 Å². The number of carbonyl (C=O) groups is 2. The maximum absolute atomic E-state index is 11.3. The summed E-state index contributed by atoms with van der Waals surface area (Å²) in [6.45, 7) is 18.1. The van der Waals surface area contributed by atoms with Crippen LogP contribution in [0.25, 0.3) is 0 Å². The molecule has 1 aliphatic heterocycles. The molecule has 8 heteroatoms. The molecule has 2 atom stereocenters. The van der Waals surface area contributed by atoms with E-state index < -0.39 is 0 Å². The second-order valence-corrected chi connectivity index (χ2v) is 10.2. The van der Waals surface area contributed by atoms with Gasteiger partial charge in [0.25, 0.3) is 0 Å². The molecule has 0 aromatic heterocycles. The maximum atomic E-state index is 11.3. The molecule has 1 saturated heterocycles. The number of hydrogen-bond donors (Lipinski definition) is 4. The SMILES string of the molecule is C[C@H]1CC(C)(C)NCCN(CCC(N)=O)[C@@H](C)CC(C)(C)NCCN1CCC(N)=O. The Labute approximate surface area is 183 Å². The third-order valence-electron chi connectivity index (χ3n) is 6.15. The number of nitrogens with one attached hydrogen (secondary N) is 2. The molecule has 0 aliphatic carbocycles. The fraction of sp³-hybridized carbons (Fsp3) is 0.909. The molecule has 6 N–H and O–H groups in total. The van der Waals surface area contributed by atoms with Gasteiger partial charge in [0.05, 0.1) is 0 Å². The Balaban J connectivity index is 2.93. The van der Waals surface area contributed by atoms with Crippen molar-refractivity contribution in [3.63, 3.8) is 0 Å². The Kier molecular flexibility index (Phi) is 10.7. The molecule has 30 heavy (non-hydrogen) atoms. The highest BCUT2D eigenvalue weighted by Gasteiger charge is 2.28. The second-order valence-electron chi connectivity index (χ2n) is 10.2. The van der Waals surface area contributed by atoms with Crippen LogP contribution in [0.3, 0.4) is 0 Å². The lowest BCUT2D eigenvalue weighted by Crippen LogP contribution is -2.53. The first-order valence-corrected chi connectivity index (χ1v) is 11.4. The molecule has 1 aliphatic rings. The smallest absolute Gasteiger partial charge is 0.218 e. The van der Waals surface area contributed by atoms with E-state index in [1.54, 1.807) is 0 Å². The van der Waals surface area contributed by atoms with Crippen molar-refractivity contribution >= 4 is 11.8 Å². The van der Waals surface area contributed by atoms with Gasteiger partial charge in [-0.3, -0.25) is 19.4 Å². The van der Waals surface area contributed by atoms with E-state index in [9.17, 15) is 9.59 Å². The van der Waals surface area contributed by atoms with E-state index in [1.807, 2.05) is 0 Å². The Morgan fingerprint density at radius 1 is 0.800 bits per heavy atom. The van der Waals surface area contributed by atoms with E-state index in [0.29, 0.717) is 38.0 Å². The Hall–Kier alpha value is -1.22. The summed E-state index contributed by atoms with van der Waals surface area (Å²) in [5.41, 5.74) is 10.7. The first kappa shape index (κ1) is 26.8. The Bertz CT molecular complexity index is 504. The van der Waals surface area contributed by atoms with E-state index in [4.69, 9.17) is 11.5 Å². The highest BCUT2D eigenvalue weighted by Crippen LogP contribution is 2.19. The number of amides is 2. The van der Waals surface area contributed by atoms with Gasteiger partial charge in [-0.25, -0.2) is 0 Å². The Morgan fingerprint density at radius 2 is 1.13 bits per heavy atom. The van der Waals surface area contributed by atoms with Gasteiger partial charge in [0, 0.05) is 75.3 Å². The molecule has 0 bridgehead atoms. The van der Waals surface area contributed by atoms with E-state index >= 15 is 0 Å². The van der Waals surface area contributed by atoms with Crippen molar-refractivity contribution in [1.29, 1.82) is 0 Å². The van der Waals surface area contributed by atoms with Crippen molar-refractivity contribution < 1.29 is 9.59 Å². The molecule has 0 aromatic rings. The predicted octanol–water partition coefficient (Wildman–Crippen LogP) is 0.648. The lowest BCUT2D eigenvalue weighted by atomic mass is 9.93. The van der Waals surface area contributed by atoms with Crippen LogP contribution in [0.5, 0.6) is 0 Å². The summed E-state index contributed by atoms with van der Waals surface area (Å²) in [4.78, 5) is 27.4. The van der Waals surface area contributed by atoms with Crippen molar-refractivity contribution in [1.82, 2.24) is 20.4 Å². The van der Waals surface area contributed by atoms with Gasteiger partial charge in [-0.05, 0) is 54.4 Å². The number of hydrogen-bond acceptors (Lipinski definition) is 6. The lowest BCUT2D eigenvalue weighted by Gasteiger charge is -2.40. The number of nitrogens with two attached hydrogens (primary N) is 2. The summed E-state index contributed by atoms with van der Waals surface area (Å²) >= 11 is 0. The van der Waals surface area contributed by atoms with Crippen LogP contribution < -0.4 is 22.1 Å². The zero-order valence-corrected chi connectivity index (χ0v) is 20.1. The zero-order chi connectivity index (χ0) is 22.9. The predicted molar refractivity (Wildman–Crippen MR) is 123 cm³/mol. The van der Waals surface area contributed by atoms with E-state index in [0.717, 1.165) is 39.0 Å². The van der Waals surface area contributed by atoms with Crippen LogP contribution in [0, 0.1) is 0 Å². The molecule has 8 nitrogen and oxygen atoms in total. The van der Waals surface area contributed by atoms with E-state index in [1.165, 1.54) is 0 Å². The van der Waals surface area contributed by atoms with Crippen molar-refractivity contribution in [3.05, 3.63) is 0 Å². The maximum Gasteiger partial charge on any atom is 0.218 e. The molecule has 0 spiro atoms. The minimum Gasteiger partial charge on any atom is -0.370 e. The number of primary amides is 2. The van der Waals surface area contributed by atoms with Gasteiger partial charge in [-0.15, -0.1) is 0 Å². The quantitative estimate of drug-likeness (QED) is 0.495. The standard InChI is InChI=1S/C22H46N6O2/c1-17-15-21(3,4)25-10-14-28(12-8-20(24)30)18(2)16-22(5,6)26-9-13-27(17)11-7-19(23)29/h17-18,25-26H,7-16H2,1-6H3,(H2,23,29)(H2,24,30)/t17-,18-/m0/s1. The van der Waals surface area contributed by atoms with Crippen LogP contribution in [0.15, 0.2) is 0 Å². The molecule has 2 amide bonds. The molecule has 0 radical (unpaired) electrons. The molecule has 1 fully saturated rings. The molecule has 0 unspecified atom stereocenters. The molecule has 1 heterocycles. The van der Waals surface area contributed by atoms with Gasteiger partial charge < -0.3 is 22.1 Å². The average molecular weight is 427 g/mol. The van der Waals surface area contributed by atoms with Gasteiger partial charge in [0.2, 0.25) is 11.8 Å². The largest absolute Gasteiger partial charge is 0.370 e. The summed E-state index contributed by atoms with van der Waals surface area (Å²) < 4.78 is 0. The monoisotopic (exact) mass is 426 g/mol. The van der Waals surface area contributed by atoms with E-state index in [-0.39, 0.29) is 22.9 Å². The number of nitrogens with zero attached hydrogens (tertiary/aromatic N) is 2. The zero-order valence-electron chi connectivity index (χ0n) is 20.1. The fourth-order valence-corrected chi connectivity index (χ4v) is 4.57. The van der Waals surface area contributed by atoms with Crippen LogP contribution in [-0.4, -0.2) is 84.0 Å². The molecule has 1 rings (SSSR count). The van der Waals surface area contributed by atoms with Crippen molar-refractivity contribution in [2.45, 2.75) is 90.4 Å². The summed E-state index contributed by atoms with van der Waals surface area (Å²) in [6, 6.07) is 0.647. The minimum absolute atomic E-state index is 0.0419. The first-order chi connectivity index (χ1) is 13.8. The third-order valence-corrected chi connectivity index (χ3v) is 6.15. The molecule has 176 valence electrons. The molecular formula is C22H46N6O2. The lowest BCUT2D eigenvalue weighted by molar-refractivity contribution is -0.119. The first-order valence-electron chi connectivity index (χ1n) is 11.4. The minimum atomic E-state index is -0.253. The average Bonchev–Trinajstić information content (AvgIpc) is 2.58. The van der Waals surface area contributed by atoms with Crippen molar-refractivity contribution in [2.24, 2.45) is 11.5 Å². The van der Waals surface area contributed by atoms with Crippen molar-refractivity contribution in [3.8, 4) is 0 Å². The van der Waals surface area contributed by atoms with Gasteiger partial charge in [-0.1, -0.05) is 0 Å². The third kappa shape index (κ3) is 10.7.